The molecule has 2 heterocycles. The molecule has 1 saturated heterocycles. The minimum atomic E-state index is -0.300. The maximum Gasteiger partial charge on any atom is 0.228 e. The van der Waals surface area contributed by atoms with Crippen LogP contribution in [0.3, 0.4) is 0 Å². The summed E-state index contributed by atoms with van der Waals surface area (Å²) in [5.41, 5.74) is 8.12. The fourth-order valence-corrected chi connectivity index (χ4v) is 4.26. The lowest BCUT2D eigenvalue weighted by molar-refractivity contribution is -0.120. The summed E-state index contributed by atoms with van der Waals surface area (Å²) >= 11 is 0. The van der Waals surface area contributed by atoms with Crippen molar-refractivity contribution in [2.24, 2.45) is 11.3 Å². The molecule has 1 saturated carbocycles. The highest BCUT2D eigenvalue weighted by molar-refractivity contribution is 5.94. The number of benzene rings is 1. The smallest absolute Gasteiger partial charge is 0.228 e. The highest BCUT2D eigenvalue weighted by Gasteiger charge is 2.42. The zero-order chi connectivity index (χ0) is 18.9. The summed E-state index contributed by atoms with van der Waals surface area (Å²) in [5, 5.41) is 2.92. The van der Waals surface area contributed by atoms with Crippen LogP contribution in [0, 0.1) is 17.2 Å². The van der Waals surface area contributed by atoms with E-state index in [1.807, 2.05) is 0 Å². The van der Waals surface area contributed by atoms with Gasteiger partial charge >= 0.3 is 0 Å². The first-order valence-electron chi connectivity index (χ1n) is 9.46. The van der Waals surface area contributed by atoms with Gasteiger partial charge < -0.3 is 15.8 Å². The lowest BCUT2D eigenvalue weighted by Crippen LogP contribution is -2.29. The standard InChI is InChI=1S/C21H24FN3O2/c22-16-3-1-14(2-4-16)18-6-5-17(23)19(24-18)25-20(26)15-7-8-21(13-15)9-11-27-12-10-21/h1-6,15H,7-13,23H2,(H,24,25,26). The number of pyridine rings is 1. The molecule has 1 aliphatic carbocycles. The van der Waals surface area contributed by atoms with Gasteiger partial charge in [0.25, 0.3) is 0 Å². The molecule has 1 spiro atoms. The molecule has 0 radical (unpaired) electrons. The first kappa shape index (κ1) is 17.9. The molecular weight excluding hydrogens is 345 g/mol. The molecule has 2 fully saturated rings. The number of nitrogen functional groups attached to an aromatic ring is 1. The topological polar surface area (TPSA) is 77.2 Å². The lowest BCUT2D eigenvalue weighted by Gasteiger charge is -2.33. The summed E-state index contributed by atoms with van der Waals surface area (Å²) in [6.07, 6.45) is 4.95. The Labute approximate surface area is 158 Å². The van der Waals surface area contributed by atoms with E-state index in [9.17, 15) is 9.18 Å². The molecule has 2 aliphatic rings. The molecule has 27 heavy (non-hydrogen) atoms. The monoisotopic (exact) mass is 369 g/mol. The Morgan fingerprint density at radius 3 is 2.63 bits per heavy atom. The van der Waals surface area contributed by atoms with Gasteiger partial charge in [-0.25, -0.2) is 9.37 Å². The second-order valence-corrected chi connectivity index (χ2v) is 7.68. The third-order valence-electron chi connectivity index (χ3n) is 5.93. The number of hydrogen-bond donors (Lipinski definition) is 2. The number of halogens is 1. The number of amides is 1. The van der Waals surface area contributed by atoms with Crippen molar-refractivity contribution < 1.29 is 13.9 Å². The summed E-state index contributed by atoms with van der Waals surface area (Å²) in [7, 11) is 0. The number of anilines is 2. The average Bonchev–Trinajstić information content (AvgIpc) is 3.08. The molecule has 1 aromatic carbocycles. The largest absolute Gasteiger partial charge is 0.396 e. The van der Waals surface area contributed by atoms with Crippen molar-refractivity contribution in [3.63, 3.8) is 0 Å². The van der Waals surface area contributed by atoms with Crippen molar-refractivity contribution >= 4 is 17.4 Å². The van der Waals surface area contributed by atoms with Crippen molar-refractivity contribution in [3.05, 3.63) is 42.2 Å². The molecule has 6 heteroatoms. The number of hydrogen-bond acceptors (Lipinski definition) is 4. The number of rotatable bonds is 3. The SMILES string of the molecule is Nc1ccc(-c2ccc(F)cc2)nc1NC(=O)C1CCC2(CCOCC2)C1. The van der Waals surface area contributed by atoms with Crippen LogP contribution in [0.2, 0.25) is 0 Å². The van der Waals surface area contributed by atoms with Crippen molar-refractivity contribution in [1.82, 2.24) is 4.98 Å². The number of nitrogens with zero attached hydrogens (tertiary/aromatic N) is 1. The molecule has 1 aliphatic heterocycles. The Balaban J connectivity index is 1.48. The third-order valence-corrected chi connectivity index (χ3v) is 5.93. The predicted octanol–water partition coefficient (Wildman–Crippen LogP) is 4.01. The Morgan fingerprint density at radius 1 is 1.15 bits per heavy atom. The van der Waals surface area contributed by atoms with Gasteiger partial charge in [-0.2, -0.15) is 0 Å². The summed E-state index contributed by atoms with van der Waals surface area (Å²) < 4.78 is 18.6. The van der Waals surface area contributed by atoms with E-state index in [0.29, 0.717) is 17.2 Å². The van der Waals surface area contributed by atoms with E-state index < -0.39 is 0 Å². The predicted molar refractivity (Wildman–Crippen MR) is 103 cm³/mol. The molecule has 1 amide bonds. The zero-order valence-corrected chi connectivity index (χ0v) is 15.2. The molecule has 5 nitrogen and oxygen atoms in total. The van der Waals surface area contributed by atoms with Crippen LogP contribution in [0.15, 0.2) is 36.4 Å². The molecule has 2 aromatic rings. The van der Waals surface area contributed by atoms with Crippen LogP contribution in [0.1, 0.15) is 32.1 Å². The van der Waals surface area contributed by atoms with Gasteiger partial charge in [0.1, 0.15) is 5.82 Å². The van der Waals surface area contributed by atoms with Gasteiger partial charge in [0, 0.05) is 24.7 Å². The second-order valence-electron chi connectivity index (χ2n) is 7.68. The Morgan fingerprint density at radius 2 is 1.89 bits per heavy atom. The Kier molecular flexibility index (Phi) is 4.83. The van der Waals surface area contributed by atoms with E-state index in [1.54, 1.807) is 24.3 Å². The van der Waals surface area contributed by atoms with E-state index in [2.05, 4.69) is 10.3 Å². The third kappa shape index (κ3) is 3.81. The minimum absolute atomic E-state index is 0.0150. The maximum atomic E-state index is 13.1. The molecule has 1 aromatic heterocycles. The van der Waals surface area contributed by atoms with Crippen LogP contribution in [-0.4, -0.2) is 24.1 Å². The van der Waals surface area contributed by atoms with Crippen LogP contribution >= 0.6 is 0 Å². The van der Waals surface area contributed by atoms with Crippen LogP contribution in [-0.2, 0) is 9.53 Å². The molecule has 4 rings (SSSR count). The number of nitrogens with two attached hydrogens (primary N) is 1. The summed E-state index contributed by atoms with van der Waals surface area (Å²) in [4.78, 5) is 17.3. The van der Waals surface area contributed by atoms with Crippen LogP contribution in [0.4, 0.5) is 15.9 Å². The second kappa shape index (κ2) is 7.27. The average molecular weight is 369 g/mol. The van der Waals surface area contributed by atoms with E-state index in [4.69, 9.17) is 10.5 Å². The van der Waals surface area contributed by atoms with E-state index in [0.717, 1.165) is 50.9 Å². The first-order valence-corrected chi connectivity index (χ1v) is 9.46. The molecule has 1 unspecified atom stereocenters. The summed E-state index contributed by atoms with van der Waals surface area (Å²) in [5.74, 6) is 0.0355. The minimum Gasteiger partial charge on any atom is -0.396 e. The lowest BCUT2D eigenvalue weighted by atomic mass is 9.78. The normalized spacial score (nSPS) is 21.3. The quantitative estimate of drug-likeness (QED) is 0.857. The molecule has 0 bridgehead atoms. The van der Waals surface area contributed by atoms with E-state index >= 15 is 0 Å². The summed E-state index contributed by atoms with van der Waals surface area (Å²) in [6.45, 7) is 1.59. The van der Waals surface area contributed by atoms with Crippen molar-refractivity contribution in [1.29, 1.82) is 0 Å². The van der Waals surface area contributed by atoms with Crippen LogP contribution in [0.5, 0.6) is 0 Å². The maximum absolute atomic E-state index is 13.1. The number of ether oxygens (including phenoxy) is 1. The number of carbonyl (C=O) groups is 1. The van der Waals surface area contributed by atoms with Crippen LogP contribution in [0.25, 0.3) is 11.3 Å². The fourth-order valence-electron chi connectivity index (χ4n) is 4.26. The van der Waals surface area contributed by atoms with Gasteiger partial charge in [-0.05, 0) is 73.9 Å². The number of aromatic nitrogens is 1. The fraction of sp³-hybridized carbons (Fsp3) is 0.429. The number of carbonyl (C=O) groups excluding carboxylic acids is 1. The molecule has 142 valence electrons. The van der Waals surface area contributed by atoms with Gasteiger partial charge in [0.2, 0.25) is 5.91 Å². The van der Waals surface area contributed by atoms with Gasteiger partial charge in [-0.15, -0.1) is 0 Å². The van der Waals surface area contributed by atoms with E-state index in [-0.39, 0.29) is 23.1 Å². The van der Waals surface area contributed by atoms with Gasteiger partial charge in [0.15, 0.2) is 5.82 Å². The van der Waals surface area contributed by atoms with Crippen molar-refractivity contribution in [2.45, 2.75) is 32.1 Å². The number of nitrogens with one attached hydrogen (secondary N) is 1. The highest BCUT2D eigenvalue weighted by atomic mass is 19.1. The Hall–Kier alpha value is -2.47. The van der Waals surface area contributed by atoms with Gasteiger partial charge in [-0.1, -0.05) is 0 Å². The zero-order valence-electron chi connectivity index (χ0n) is 15.2. The van der Waals surface area contributed by atoms with E-state index in [1.165, 1.54) is 12.1 Å². The van der Waals surface area contributed by atoms with Crippen molar-refractivity contribution in [3.8, 4) is 11.3 Å². The first-order chi connectivity index (χ1) is 13.0. The molecular formula is C21H24FN3O2. The molecule has 1 atom stereocenters. The summed E-state index contributed by atoms with van der Waals surface area (Å²) in [6, 6.07) is 9.58. The Bertz CT molecular complexity index is 832. The molecule has 3 N–H and O–H groups in total. The van der Waals surface area contributed by atoms with Gasteiger partial charge in [0.05, 0.1) is 11.4 Å². The van der Waals surface area contributed by atoms with Crippen LogP contribution < -0.4 is 11.1 Å². The van der Waals surface area contributed by atoms with Gasteiger partial charge in [-0.3, -0.25) is 4.79 Å². The highest BCUT2D eigenvalue weighted by Crippen LogP contribution is 2.48. The van der Waals surface area contributed by atoms with Crippen molar-refractivity contribution in [2.75, 3.05) is 24.3 Å².